The molecule has 1 saturated heterocycles. The molecule has 0 unspecified atom stereocenters. The minimum absolute atomic E-state index is 0.649. The first-order chi connectivity index (χ1) is 17.8. The summed E-state index contributed by atoms with van der Waals surface area (Å²) in [7, 11) is -1.57. The van der Waals surface area contributed by atoms with Crippen LogP contribution in [0.25, 0.3) is 0 Å². The molecule has 1 spiro atoms. The van der Waals surface area contributed by atoms with Crippen LogP contribution in [-0.2, 0) is 4.57 Å². The molecular weight excluding hydrogens is 502 g/mol. The van der Waals surface area contributed by atoms with Gasteiger partial charge >= 0.3 is 218 Å². The van der Waals surface area contributed by atoms with Crippen molar-refractivity contribution in [3.8, 4) is 0 Å². The van der Waals surface area contributed by atoms with E-state index < -0.39 is 14.8 Å². The van der Waals surface area contributed by atoms with Crippen molar-refractivity contribution < 1.29 is 4.57 Å². The molecule has 9 nitrogen and oxygen atoms in total. The van der Waals surface area contributed by atoms with Gasteiger partial charge in [0.1, 0.15) is 0 Å². The van der Waals surface area contributed by atoms with Crippen molar-refractivity contribution in [2.75, 3.05) is 21.1 Å². The zero-order valence-corrected chi connectivity index (χ0v) is 23.3. The van der Waals surface area contributed by atoms with E-state index in [2.05, 4.69) is 8.88 Å². The van der Waals surface area contributed by atoms with Gasteiger partial charge in [-0.05, 0) is 0 Å². The molecule has 11 heteroatoms. The predicted molar refractivity (Wildman–Crippen MR) is 152 cm³/mol. The van der Waals surface area contributed by atoms with E-state index in [-0.39, 0.29) is 0 Å². The molecule has 0 atom stereocenters. The van der Waals surface area contributed by atoms with Gasteiger partial charge in [0.2, 0.25) is 0 Å². The Kier molecular flexibility index (Phi) is 5.07. The Morgan fingerprint density at radius 2 is 1.16 bits per heavy atom. The van der Waals surface area contributed by atoms with Gasteiger partial charge < -0.3 is 0 Å². The second-order valence-electron chi connectivity index (χ2n) is 9.45. The van der Waals surface area contributed by atoms with Crippen LogP contribution in [0.4, 0.5) is 0 Å². The summed E-state index contributed by atoms with van der Waals surface area (Å²) in [5.74, 6) is 1.30. The summed E-state index contributed by atoms with van der Waals surface area (Å²) >= 11 is 0. The van der Waals surface area contributed by atoms with Crippen LogP contribution < -0.4 is 5.30 Å². The molecular formula is C26H30N8OP2. The molecule has 3 aliphatic rings. The van der Waals surface area contributed by atoms with Gasteiger partial charge in [0.15, 0.2) is 0 Å². The summed E-state index contributed by atoms with van der Waals surface area (Å²) in [5, 5.41) is 15.9. The molecule has 3 heterocycles. The average Bonchev–Trinajstić information content (AvgIpc) is 3.32. The number of hydrazone groups is 3. The van der Waals surface area contributed by atoms with E-state index in [1.165, 1.54) is 0 Å². The Balaban J connectivity index is 1.71. The van der Waals surface area contributed by atoms with E-state index in [1.54, 1.807) is 0 Å². The van der Waals surface area contributed by atoms with Crippen LogP contribution in [0.1, 0.15) is 25.0 Å². The molecule has 0 radical (unpaired) electrons. The molecule has 0 N–H and O–H groups in total. The third-order valence-corrected chi connectivity index (χ3v) is 18.0. The molecule has 3 aliphatic heterocycles. The van der Waals surface area contributed by atoms with E-state index in [0.29, 0.717) is 11.7 Å². The van der Waals surface area contributed by atoms with Gasteiger partial charge in [0, 0.05) is 0 Å². The third kappa shape index (κ3) is 2.63. The maximum absolute atomic E-state index is 15.7. The van der Waals surface area contributed by atoms with Crippen LogP contribution in [0.3, 0.4) is 0 Å². The van der Waals surface area contributed by atoms with Crippen LogP contribution in [0.15, 0.2) is 106 Å². The van der Waals surface area contributed by atoms with Gasteiger partial charge in [-0.15, -0.1) is 0 Å². The van der Waals surface area contributed by atoms with Crippen molar-refractivity contribution in [1.29, 1.82) is 0 Å². The van der Waals surface area contributed by atoms with Crippen molar-refractivity contribution in [3.63, 3.8) is 0 Å². The maximum atomic E-state index is 15.7. The van der Waals surface area contributed by atoms with Crippen LogP contribution in [0.5, 0.6) is 0 Å². The molecule has 3 aromatic carbocycles. The second-order valence-corrected chi connectivity index (χ2v) is 16.8. The molecule has 0 aliphatic carbocycles. The summed E-state index contributed by atoms with van der Waals surface area (Å²) < 4.78 is 25.7. The fourth-order valence-corrected chi connectivity index (χ4v) is 18.9. The van der Waals surface area contributed by atoms with Gasteiger partial charge in [-0.1, -0.05) is 0 Å². The second kappa shape index (κ2) is 7.91. The normalized spacial score (nSPS) is 23.6. The van der Waals surface area contributed by atoms with Gasteiger partial charge in [-0.3, -0.25) is 0 Å². The predicted octanol–water partition coefficient (Wildman–Crippen LogP) is 5.19. The third-order valence-electron chi connectivity index (χ3n) is 7.10. The van der Waals surface area contributed by atoms with Crippen LogP contribution >= 0.6 is 14.8 Å². The Labute approximate surface area is 217 Å². The minimum atomic E-state index is -3.93. The quantitative estimate of drug-likeness (QED) is 0.256. The monoisotopic (exact) mass is 532 g/mol. The summed E-state index contributed by atoms with van der Waals surface area (Å²) in [6.45, 7) is 3.92. The average molecular weight is 533 g/mol. The molecule has 0 aromatic heterocycles. The summed E-state index contributed by atoms with van der Waals surface area (Å²) in [6, 6.07) is 29.5. The van der Waals surface area contributed by atoms with E-state index in [9.17, 15) is 0 Å². The molecule has 6 rings (SSSR count). The van der Waals surface area contributed by atoms with E-state index in [1.807, 2.05) is 140 Å². The Morgan fingerprint density at radius 3 is 1.57 bits per heavy atom. The molecule has 37 heavy (non-hydrogen) atoms. The summed E-state index contributed by atoms with van der Waals surface area (Å²) in [4.78, 5) is 0. The topological polar surface area (TPSA) is 70.3 Å². The number of amidine groups is 2. The molecule has 0 saturated carbocycles. The van der Waals surface area contributed by atoms with Gasteiger partial charge in [0.05, 0.1) is 0 Å². The van der Waals surface area contributed by atoms with Crippen molar-refractivity contribution in [2.45, 2.75) is 13.8 Å². The molecule has 0 bridgehead atoms. The van der Waals surface area contributed by atoms with E-state index in [0.717, 1.165) is 22.1 Å². The van der Waals surface area contributed by atoms with Crippen LogP contribution in [-0.4, -0.2) is 61.7 Å². The number of hydrogen-bond acceptors (Lipinski definition) is 7. The molecule has 3 aromatic rings. The number of hydrogen-bond donors (Lipinski definition) is 0. The first-order valence-electron chi connectivity index (χ1n) is 12.1. The number of benzene rings is 3. The van der Waals surface area contributed by atoms with E-state index >= 15 is 4.57 Å². The first kappa shape index (κ1) is 23.7. The Hall–Kier alpha value is -3.67. The Bertz CT molecular complexity index is 1430. The van der Waals surface area contributed by atoms with Gasteiger partial charge in [0.25, 0.3) is 0 Å². The van der Waals surface area contributed by atoms with Crippen LogP contribution in [0.2, 0.25) is 0 Å². The number of rotatable bonds is 5. The van der Waals surface area contributed by atoms with Crippen molar-refractivity contribution in [3.05, 3.63) is 102 Å². The van der Waals surface area contributed by atoms with E-state index in [4.69, 9.17) is 15.3 Å². The van der Waals surface area contributed by atoms with Crippen molar-refractivity contribution in [2.24, 2.45) is 15.3 Å². The van der Waals surface area contributed by atoms with Crippen molar-refractivity contribution >= 4 is 37.5 Å². The SMILES string of the molecule is CC(C)=NN(C)P123N(C)N=C(c4ccccc4)N1P(=O)(c1ccccc1)N2C(c1ccccc1)=NN3C. The zero-order chi connectivity index (χ0) is 26.0. The molecule has 1 fully saturated rings. The van der Waals surface area contributed by atoms with Crippen molar-refractivity contribution in [1.82, 2.24) is 23.2 Å². The van der Waals surface area contributed by atoms with Gasteiger partial charge in [-0.2, -0.15) is 0 Å². The fraction of sp³-hybridized carbons (Fsp3) is 0.192. The van der Waals surface area contributed by atoms with Gasteiger partial charge in [-0.25, -0.2) is 0 Å². The molecule has 0 amide bonds. The Morgan fingerprint density at radius 1 is 0.757 bits per heavy atom. The van der Waals surface area contributed by atoms with Crippen LogP contribution in [0, 0.1) is 0 Å². The number of nitrogens with zero attached hydrogens (tertiary/aromatic N) is 8. The fourth-order valence-electron chi connectivity index (χ4n) is 5.70. The zero-order valence-electron chi connectivity index (χ0n) is 21.5. The summed E-state index contributed by atoms with van der Waals surface area (Å²) in [5.41, 5.74) is 2.65. The molecule has 190 valence electrons. The standard InChI is InChI=1S/C26H30N8OP2/c1-21(2)27-30(3)37-31(4)28-25(22-15-9-6-10-16-22)33(37)36(35,24-19-13-8-14-20-24)34(37)26(29-32(37)5)23-17-11-7-12-18-23/h6-20H,1-5H3. The first-order valence-corrected chi connectivity index (χ1v) is 15.7. The summed E-state index contributed by atoms with van der Waals surface area (Å²) in [6.07, 6.45) is 0.